The lowest BCUT2D eigenvalue weighted by Gasteiger charge is -2.34. The average molecular weight is 401 g/mol. The van der Waals surface area contributed by atoms with E-state index in [9.17, 15) is 4.79 Å². The molecule has 0 aliphatic carbocycles. The first-order chi connectivity index (χ1) is 13.6. The molecule has 1 amide bonds. The molecule has 0 saturated carbocycles. The van der Waals surface area contributed by atoms with Gasteiger partial charge in [-0.15, -0.1) is 0 Å². The molecule has 1 atom stereocenters. The standard InChI is InChI=1S/C21H28N4O2S/c1-15-8-11-24(12-9-15)20(26)18-7-4-10-25(18)21-22-19(23-28-21)14-16-5-3-6-17(13-16)27-2/h3,5-6,13,15,18H,4,7-12,14H2,1-2H3/t18-/m0/s1. The number of ether oxygens (including phenoxy) is 1. The Bertz CT molecular complexity index is 816. The van der Waals surface area contributed by atoms with E-state index in [0.717, 1.165) is 73.5 Å². The largest absolute Gasteiger partial charge is 0.497 e. The second-order valence-corrected chi connectivity index (χ2v) is 8.61. The number of nitrogens with zero attached hydrogens (tertiary/aromatic N) is 4. The van der Waals surface area contributed by atoms with Crippen molar-refractivity contribution in [1.82, 2.24) is 14.3 Å². The number of methoxy groups -OCH3 is 1. The molecule has 2 fully saturated rings. The Balaban J connectivity index is 1.44. The molecule has 2 aliphatic heterocycles. The fourth-order valence-corrected chi connectivity index (χ4v) is 4.85. The van der Waals surface area contributed by atoms with Gasteiger partial charge in [0.15, 0.2) is 0 Å². The van der Waals surface area contributed by atoms with Crippen LogP contribution in [0.5, 0.6) is 5.75 Å². The van der Waals surface area contributed by atoms with Gasteiger partial charge in [0.2, 0.25) is 11.0 Å². The van der Waals surface area contributed by atoms with Gasteiger partial charge in [0.25, 0.3) is 0 Å². The highest BCUT2D eigenvalue weighted by Crippen LogP contribution is 2.30. The van der Waals surface area contributed by atoms with Crippen LogP contribution in [0.3, 0.4) is 0 Å². The summed E-state index contributed by atoms with van der Waals surface area (Å²) in [6.45, 7) is 4.94. The molecule has 28 heavy (non-hydrogen) atoms. The Morgan fingerprint density at radius 3 is 2.86 bits per heavy atom. The maximum Gasteiger partial charge on any atom is 0.245 e. The molecule has 2 aromatic rings. The molecule has 1 aromatic heterocycles. The van der Waals surface area contributed by atoms with E-state index in [1.165, 1.54) is 11.5 Å². The van der Waals surface area contributed by atoms with Crippen molar-refractivity contribution in [3.05, 3.63) is 35.7 Å². The summed E-state index contributed by atoms with van der Waals surface area (Å²) >= 11 is 1.41. The number of carbonyl (C=O) groups excluding carboxylic acids is 1. The Morgan fingerprint density at radius 1 is 1.25 bits per heavy atom. The molecule has 0 radical (unpaired) electrons. The molecule has 4 rings (SSSR count). The van der Waals surface area contributed by atoms with Gasteiger partial charge in [-0.25, -0.2) is 4.98 Å². The van der Waals surface area contributed by atoms with Crippen LogP contribution in [-0.2, 0) is 11.2 Å². The van der Waals surface area contributed by atoms with E-state index >= 15 is 0 Å². The van der Waals surface area contributed by atoms with Crippen LogP contribution in [0, 0.1) is 5.92 Å². The van der Waals surface area contributed by atoms with Crippen molar-refractivity contribution in [2.24, 2.45) is 5.92 Å². The van der Waals surface area contributed by atoms with Crippen molar-refractivity contribution >= 4 is 22.6 Å². The Labute approximate surface area is 170 Å². The number of carbonyl (C=O) groups is 1. The van der Waals surface area contributed by atoms with Gasteiger partial charge in [0.1, 0.15) is 17.6 Å². The molecular weight excluding hydrogens is 372 g/mol. The molecule has 2 aliphatic rings. The average Bonchev–Trinajstić information content (AvgIpc) is 3.37. The minimum atomic E-state index is -0.0778. The SMILES string of the molecule is COc1cccc(Cc2nsc(N3CCC[C@H]3C(=O)N3CCC(C)CC3)n2)c1. The molecule has 3 heterocycles. The minimum absolute atomic E-state index is 0.0778. The Hall–Kier alpha value is -2.15. The summed E-state index contributed by atoms with van der Waals surface area (Å²) in [6.07, 6.45) is 4.84. The predicted molar refractivity (Wildman–Crippen MR) is 111 cm³/mol. The van der Waals surface area contributed by atoms with E-state index < -0.39 is 0 Å². The molecule has 0 bridgehead atoms. The molecule has 150 valence electrons. The van der Waals surface area contributed by atoms with Crippen molar-refractivity contribution in [3.63, 3.8) is 0 Å². The molecular formula is C21H28N4O2S. The maximum absolute atomic E-state index is 13.1. The zero-order valence-electron chi connectivity index (χ0n) is 16.6. The summed E-state index contributed by atoms with van der Waals surface area (Å²) in [6, 6.07) is 7.91. The third-order valence-corrected chi connectivity index (χ3v) is 6.62. The van der Waals surface area contributed by atoms with Gasteiger partial charge in [-0.05, 0) is 49.3 Å². The highest BCUT2D eigenvalue weighted by atomic mass is 32.1. The van der Waals surface area contributed by atoms with Crippen LogP contribution in [-0.4, -0.2) is 53.0 Å². The number of benzene rings is 1. The van der Waals surface area contributed by atoms with E-state index in [2.05, 4.69) is 27.2 Å². The van der Waals surface area contributed by atoms with Crippen LogP contribution in [0.2, 0.25) is 0 Å². The fourth-order valence-electron chi connectivity index (χ4n) is 4.09. The van der Waals surface area contributed by atoms with Crippen molar-refractivity contribution in [2.75, 3.05) is 31.6 Å². The number of amides is 1. The molecule has 7 heteroatoms. The molecule has 0 spiro atoms. The summed E-state index contributed by atoms with van der Waals surface area (Å²) in [5.74, 6) is 2.65. The first kappa shape index (κ1) is 19.2. The molecule has 6 nitrogen and oxygen atoms in total. The van der Waals surface area contributed by atoms with Gasteiger partial charge in [0, 0.05) is 37.6 Å². The minimum Gasteiger partial charge on any atom is -0.497 e. The molecule has 0 unspecified atom stereocenters. The smallest absolute Gasteiger partial charge is 0.245 e. The number of aromatic nitrogens is 2. The number of anilines is 1. The number of hydrogen-bond donors (Lipinski definition) is 0. The second kappa shape index (κ2) is 8.47. The lowest BCUT2D eigenvalue weighted by atomic mass is 9.98. The van der Waals surface area contributed by atoms with Gasteiger partial charge in [-0.1, -0.05) is 19.1 Å². The summed E-state index contributed by atoms with van der Waals surface area (Å²) in [5.41, 5.74) is 1.13. The number of piperidine rings is 1. The second-order valence-electron chi connectivity index (χ2n) is 7.88. The normalized spacial score (nSPS) is 20.6. The van der Waals surface area contributed by atoms with Gasteiger partial charge < -0.3 is 14.5 Å². The van der Waals surface area contributed by atoms with Crippen molar-refractivity contribution in [3.8, 4) is 5.75 Å². The van der Waals surface area contributed by atoms with Crippen LogP contribution in [0.4, 0.5) is 5.13 Å². The van der Waals surface area contributed by atoms with Crippen molar-refractivity contribution in [2.45, 2.75) is 45.1 Å². The molecule has 2 saturated heterocycles. The topological polar surface area (TPSA) is 58.6 Å². The maximum atomic E-state index is 13.1. The first-order valence-corrected chi connectivity index (χ1v) is 10.9. The third kappa shape index (κ3) is 4.14. The van der Waals surface area contributed by atoms with E-state index in [1.807, 2.05) is 18.2 Å². The summed E-state index contributed by atoms with van der Waals surface area (Å²) < 4.78 is 9.85. The summed E-state index contributed by atoms with van der Waals surface area (Å²) in [7, 11) is 1.67. The number of likely N-dealkylation sites (tertiary alicyclic amines) is 1. The fraction of sp³-hybridized carbons (Fsp3) is 0.571. The van der Waals surface area contributed by atoms with Crippen molar-refractivity contribution in [1.29, 1.82) is 0 Å². The summed E-state index contributed by atoms with van der Waals surface area (Å²) in [4.78, 5) is 22.1. The summed E-state index contributed by atoms with van der Waals surface area (Å²) in [5, 5.41) is 0.874. The van der Waals surface area contributed by atoms with Crippen LogP contribution < -0.4 is 9.64 Å². The van der Waals surface area contributed by atoms with Gasteiger partial charge in [-0.2, -0.15) is 4.37 Å². The lowest BCUT2D eigenvalue weighted by Crippen LogP contribution is -2.48. The van der Waals surface area contributed by atoms with Gasteiger partial charge in [-0.3, -0.25) is 4.79 Å². The number of hydrogen-bond acceptors (Lipinski definition) is 6. The van der Waals surface area contributed by atoms with Gasteiger partial charge in [0.05, 0.1) is 7.11 Å². The van der Waals surface area contributed by atoms with E-state index in [1.54, 1.807) is 7.11 Å². The lowest BCUT2D eigenvalue weighted by molar-refractivity contribution is -0.133. The predicted octanol–water partition coefficient (Wildman–Crippen LogP) is 3.36. The van der Waals surface area contributed by atoms with Crippen LogP contribution in [0.15, 0.2) is 24.3 Å². The molecule has 0 N–H and O–H groups in total. The van der Waals surface area contributed by atoms with E-state index in [4.69, 9.17) is 9.72 Å². The van der Waals surface area contributed by atoms with E-state index in [-0.39, 0.29) is 11.9 Å². The third-order valence-electron chi connectivity index (χ3n) is 5.83. The van der Waals surface area contributed by atoms with E-state index in [0.29, 0.717) is 6.42 Å². The van der Waals surface area contributed by atoms with Crippen LogP contribution in [0.1, 0.15) is 44.0 Å². The Morgan fingerprint density at radius 2 is 2.07 bits per heavy atom. The highest BCUT2D eigenvalue weighted by molar-refractivity contribution is 7.09. The van der Waals surface area contributed by atoms with Gasteiger partial charge >= 0.3 is 0 Å². The van der Waals surface area contributed by atoms with Crippen LogP contribution >= 0.6 is 11.5 Å². The number of rotatable bonds is 5. The molecule has 1 aromatic carbocycles. The van der Waals surface area contributed by atoms with Crippen LogP contribution in [0.25, 0.3) is 0 Å². The highest BCUT2D eigenvalue weighted by Gasteiger charge is 2.36. The Kier molecular flexibility index (Phi) is 5.80. The first-order valence-electron chi connectivity index (χ1n) is 10.1. The van der Waals surface area contributed by atoms with Crippen molar-refractivity contribution < 1.29 is 9.53 Å². The quantitative estimate of drug-likeness (QED) is 0.770. The zero-order chi connectivity index (χ0) is 19.5. The monoisotopic (exact) mass is 400 g/mol. The zero-order valence-corrected chi connectivity index (χ0v) is 17.5.